The van der Waals surface area contributed by atoms with Crippen LogP contribution in [0.25, 0.3) is 44.5 Å². The fraction of sp³-hybridized carbons (Fsp3) is 0.0870. The second kappa shape index (κ2) is 7.83. The number of pyridine rings is 1. The quantitative estimate of drug-likeness (QED) is 0.408. The third-order valence-electron chi connectivity index (χ3n) is 4.89. The molecule has 8 nitrogen and oxygen atoms in total. The molecule has 0 radical (unpaired) electrons. The summed E-state index contributed by atoms with van der Waals surface area (Å²) in [5.74, 6) is 0.908. The maximum absolute atomic E-state index is 11.9. The van der Waals surface area contributed by atoms with Gasteiger partial charge in [-0.25, -0.2) is 19.7 Å². The van der Waals surface area contributed by atoms with Crippen molar-refractivity contribution in [1.29, 1.82) is 0 Å². The third kappa shape index (κ3) is 3.66. The third-order valence-corrected chi connectivity index (χ3v) is 4.89. The average Bonchev–Trinajstić information content (AvgIpc) is 3.21. The highest BCUT2D eigenvalue weighted by atomic mass is 16.2. The Bertz CT molecular complexity index is 1400. The Morgan fingerprint density at radius 3 is 2.68 bits per heavy atom. The van der Waals surface area contributed by atoms with Gasteiger partial charge >= 0.3 is 6.03 Å². The summed E-state index contributed by atoms with van der Waals surface area (Å²) in [5, 5.41) is 6.48. The molecule has 3 N–H and O–H groups in total. The van der Waals surface area contributed by atoms with E-state index >= 15 is 0 Å². The molecule has 8 heteroatoms. The van der Waals surface area contributed by atoms with E-state index in [1.165, 1.54) is 0 Å². The smallest absolute Gasteiger partial charge is 0.321 e. The molecule has 3 aromatic heterocycles. The van der Waals surface area contributed by atoms with E-state index < -0.39 is 0 Å². The molecule has 5 aromatic rings. The van der Waals surface area contributed by atoms with E-state index in [0.29, 0.717) is 23.8 Å². The Morgan fingerprint density at radius 2 is 1.84 bits per heavy atom. The maximum atomic E-state index is 11.9. The van der Waals surface area contributed by atoms with Gasteiger partial charge in [-0.1, -0.05) is 18.2 Å². The van der Waals surface area contributed by atoms with Crippen LogP contribution in [0.15, 0.2) is 67.1 Å². The SMILES string of the molecule is CCNC(=O)Nc1nc2c(-c3ncccn3)cc(-c3cnc4ccccc4c3)cc2[nH]1. The minimum atomic E-state index is -0.321. The predicted molar refractivity (Wildman–Crippen MR) is 121 cm³/mol. The van der Waals surface area contributed by atoms with Crippen LogP contribution < -0.4 is 10.6 Å². The van der Waals surface area contributed by atoms with Gasteiger partial charge < -0.3 is 10.3 Å². The van der Waals surface area contributed by atoms with Crippen molar-refractivity contribution in [3.05, 3.63) is 67.1 Å². The normalized spacial score (nSPS) is 11.0. The highest BCUT2D eigenvalue weighted by molar-refractivity contribution is 5.98. The van der Waals surface area contributed by atoms with Crippen LogP contribution in [0.4, 0.5) is 10.7 Å². The number of nitrogens with one attached hydrogen (secondary N) is 3. The molecule has 0 atom stereocenters. The number of hydrogen-bond donors (Lipinski definition) is 3. The Balaban J connectivity index is 1.67. The zero-order valence-corrected chi connectivity index (χ0v) is 16.8. The van der Waals surface area contributed by atoms with Gasteiger partial charge in [0.15, 0.2) is 5.82 Å². The number of carbonyl (C=O) groups excluding carboxylic acids is 1. The Kier molecular flexibility index (Phi) is 4.72. The molecule has 5 rings (SSSR count). The van der Waals surface area contributed by atoms with Crippen molar-refractivity contribution in [2.24, 2.45) is 0 Å². The maximum Gasteiger partial charge on any atom is 0.321 e. The fourth-order valence-corrected chi connectivity index (χ4v) is 3.49. The van der Waals surface area contributed by atoms with Gasteiger partial charge in [-0.3, -0.25) is 10.3 Å². The Labute approximate surface area is 177 Å². The molecule has 0 bridgehead atoms. The molecule has 152 valence electrons. The molecule has 3 heterocycles. The first-order valence-electron chi connectivity index (χ1n) is 9.92. The molecule has 0 aliphatic carbocycles. The second-order valence-corrected chi connectivity index (χ2v) is 6.98. The number of imidazole rings is 1. The molecule has 2 amide bonds. The van der Waals surface area contributed by atoms with Gasteiger partial charge in [0, 0.05) is 41.6 Å². The highest BCUT2D eigenvalue weighted by Gasteiger charge is 2.15. The standard InChI is InChI=1S/C23H19N7O/c1-2-24-23(31)30-22-28-19-12-15(16-10-14-6-3-4-7-18(14)27-13-16)11-17(20(19)29-22)21-25-8-5-9-26-21/h3-13H,2H2,1H3,(H3,24,28,29,30,31). The van der Waals surface area contributed by atoms with Crippen molar-refractivity contribution < 1.29 is 4.79 Å². The number of amides is 2. The van der Waals surface area contributed by atoms with E-state index in [1.54, 1.807) is 18.5 Å². The van der Waals surface area contributed by atoms with Crippen LogP contribution in [-0.4, -0.2) is 37.5 Å². The monoisotopic (exact) mass is 409 g/mol. The molecule has 31 heavy (non-hydrogen) atoms. The average molecular weight is 409 g/mol. The zero-order valence-electron chi connectivity index (χ0n) is 16.8. The summed E-state index contributed by atoms with van der Waals surface area (Å²) in [7, 11) is 0. The number of aromatic nitrogens is 5. The lowest BCUT2D eigenvalue weighted by molar-refractivity contribution is 0.252. The molecular weight excluding hydrogens is 390 g/mol. The molecule has 0 unspecified atom stereocenters. The minimum absolute atomic E-state index is 0.321. The van der Waals surface area contributed by atoms with E-state index in [1.807, 2.05) is 49.5 Å². The molecule has 0 fully saturated rings. The summed E-state index contributed by atoms with van der Waals surface area (Å²) in [5.41, 5.74) is 5.05. The minimum Gasteiger partial charge on any atom is -0.338 e. The predicted octanol–water partition coefficient (Wildman–Crippen LogP) is 4.38. The molecule has 2 aromatic carbocycles. The highest BCUT2D eigenvalue weighted by Crippen LogP contribution is 2.33. The lowest BCUT2D eigenvalue weighted by Crippen LogP contribution is -2.28. The first-order chi connectivity index (χ1) is 15.2. The summed E-state index contributed by atoms with van der Waals surface area (Å²) in [6, 6.07) is 15.5. The van der Waals surface area contributed by atoms with Gasteiger partial charge in [0.25, 0.3) is 0 Å². The van der Waals surface area contributed by atoms with Crippen LogP contribution in [0.2, 0.25) is 0 Å². The van der Waals surface area contributed by atoms with Gasteiger partial charge in [0.2, 0.25) is 5.95 Å². The van der Waals surface area contributed by atoms with Gasteiger partial charge in [-0.15, -0.1) is 0 Å². The first-order valence-corrected chi connectivity index (χ1v) is 9.92. The molecule has 0 saturated heterocycles. The number of para-hydroxylation sites is 1. The van der Waals surface area contributed by atoms with Crippen LogP contribution in [-0.2, 0) is 0 Å². The largest absolute Gasteiger partial charge is 0.338 e. The number of H-pyrrole nitrogens is 1. The Hall–Kier alpha value is -4.33. The van der Waals surface area contributed by atoms with Crippen LogP contribution in [0.1, 0.15) is 6.92 Å². The molecule has 0 aliphatic rings. The van der Waals surface area contributed by atoms with Gasteiger partial charge in [0.05, 0.1) is 11.0 Å². The number of hydrogen-bond acceptors (Lipinski definition) is 5. The summed E-state index contributed by atoms with van der Waals surface area (Å²) in [4.78, 5) is 33.1. The van der Waals surface area contributed by atoms with E-state index in [2.05, 4.69) is 41.6 Å². The van der Waals surface area contributed by atoms with Gasteiger partial charge in [-0.05, 0) is 42.8 Å². The van der Waals surface area contributed by atoms with Crippen LogP contribution in [0.3, 0.4) is 0 Å². The van der Waals surface area contributed by atoms with E-state index in [-0.39, 0.29) is 6.03 Å². The lowest BCUT2D eigenvalue weighted by Gasteiger charge is -2.07. The summed E-state index contributed by atoms with van der Waals surface area (Å²) < 4.78 is 0. The summed E-state index contributed by atoms with van der Waals surface area (Å²) >= 11 is 0. The second-order valence-electron chi connectivity index (χ2n) is 6.98. The number of fused-ring (bicyclic) bond motifs is 2. The van der Waals surface area contributed by atoms with Crippen molar-refractivity contribution in [3.8, 4) is 22.5 Å². The number of benzene rings is 2. The Morgan fingerprint density at radius 1 is 1.00 bits per heavy atom. The lowest BCUT2D eigenvalue weighted by atomic mass is 10.0. The van der Waals surface area contributed by atoms with Crippen molar-refractivity contribution >= 4 is 33.9 Å². The van der Waals surface area contributed by atoms with Gasteiger partial charge in [0.1, 0.15) is 5.52 Å². The summed E-state index contributed by atoms with van der Waals surface area (Å²) in [6.07, 6.45) is 5.24. The number of urea groups is 1. The van der Waals surface area contributed by atoms with E-state index in [9.17, 15) is 4.79 Å². The number of aromatic amines is 1. The molecule has 0 aliphatic heterocycles. The van der Waals surface area contributed by atoms with E-state index in [4.69, 9.17) is 0 Å². The number of anilines is 1. The van der Waals surface area contributed by atoms with Crippen molar-refractivity contribution in [2.75, 3.05) is 11.9 Å². The van der Waals surface area contributed by atoms with Crippen LogP contribution >= 0.6 is 0 Å². The van der Waals surface area contributed by atoms with Crippen molar-refractivity contribution in [1.82, 2.24) is 30.2 Å². The van der Waals surface area contributed by atoms with Crippen molar-refractivity contribution in [2.45, 2.75) is 6.92 Å². The topological polar surface area (TPSA) is 108 Å². The van der Waals surface area contributed by atoms with Crippen LogP contribution in [0, 0.1) is 0 Å². The first kappa shape index (κ1) is 18.7. The fourth-order valence-electron chi connectivity index (χ4n) is 3.49. The number of carbonyl (C=O) groups is 1. The van der Waals surface area contributed by atoms with Crippen LogP contribution in [0.5, 0.6) is 0 Å². The van der Waals surface area contributed by atoms with E-state index in [0.717, 1.165) is 33.1 Å². The zero-order chi connectivity index (χ0) is 21.2. The molecular formula is C23H19N7O. The van der Waals surface area contributed by atoms with Gasteiger partial charge in [-0.2, -0.15) is 0 Å². The van der Waals surface area contributed by atoms with Crippen molar-refractivity contribution in [3.63, 3.8) is 0 Å². The summed E-state index contributed by atoms with van der Waals surface area (Å²) in [6.45, 7) is 2.38. The molecule has 0 saturated carbocycles. The number of nitrogens with zero attached hydrogens (tertiary/aromatic N) is 4. The number of rotatable bonds is 4. The molecule has 0 spiro atoms.